The van der Waals surface area contributed by atoms with Crippen LogP contribution < -0.4 is 5.73 Å². The van der Waals surface area contributed by atoms with Crippen LogP contribution in [0.15, 0.2) is 0 Å². The fourth-order valence-electron chi connectivity index (χ4n) is 1.15. The first-order valence-corrected chi connectivity index (χ1v) is 4.61. The molecule has 6 heteroatoms. The minimum Gasteiger partial charge on any atom is -0.444 e. The van der Waals surface area contributed by atoms with Gasteiger partial charge in [-0.3, -0.25) is 5.41 Å². The molecule has 0 aromatic carbocycles. The van der Waals surface area contributed by atoms with E-state index in [2.05, 4.69) is 0 Å². The molecule has 5 nitrogen and oxygen atoms in total. The second-order valence-electron chi connectivity index (χ2n) is 4.54. The van der Waals surface area contributed by atoms with Crippen molar-refractivity contribution in [2.75, 3.05) is 13.1 Å². The average Bonchev–Trinajstić information content (AvgIpc) is 1.75. The maximum Gasteiger partial charge on any atom is 0.410 e. The third kappa shape index (κ3) is 3.95. The summed E-state index contributed by atoms with van der Waals surface area (Å²) in [6, 6.07) is 0. The first-order valence-electron chi connectivity index (χ1n) is 4.61. The van der Waals surface area contributed by atoms with Gasteiger partial charge in [0, 0.05) is 13.1 Å². The standard InChI is InChI=1S/C9H17N3O2.ClH/c1-9(2,3)14-8(13)12-4-6(5-12)7(10)11;/h6H,4-5H2,1-3H3,(H3,10,11);1H. The molecule has 15 heavy (non-hydrogen) atoms. The molecule has 0 radical (unpaired) electrons. The van der Waals surface area contributed by atoms with E-state index in [1.54, 1.807) is 4.90 Å². The molecular formula is C9H18ClN3O2. The Morgan fingerprint density at radius 1 is 1.47 bits per heavy atom. The number of nitrogens with zero attached hydrogens (tertiary/aromatic N) is 1. The lowest BCUT2D eigenvalue weighted by molar-refractivity contribution is 0.00679. The summed E-state index contributed by atoms with van der Waals surface area (Å²) in [6.07, 6.45) is -0.324. The third-order valence-electron chi connectivity index (χ3n) is 1.97. The quantitative estimate of drug-likeness (QED) is 0.530. The molecule has 0 spiro atoms. The Bertz CT molecular complexity index is 257. The normalized spacial score (nSPS) is 16.3. The van der Waals surface area contributed by atoms with Gasteiger partial charge in [-0.05, 0) is 20.8 Å². The van der Waals surface area contributed by atoms with Crippen LogP contribution in [0.5, 0.6) is 0 Å². The van der Waals surface area contributed by atoms with Crippen LogP contribution >= 0.6 is 12.4 Å². The van der Waals surface area contributed by atoms with Crippen molar-refractivity contribution >= 4 is 24.3 Å². The predicted molar refractivity (Wildman–Crippen MR) is 60.5 cm³/mol. The monoisotopic (exact) mass is 235 g/mol. The van der Waals surface area contributed by atoms with Crippen molar-refractivity contribution in [3.63, 3.8) is 0 Å². The summed E-state index contributed by atoms with van der Waals surface area (Å²) in [5.41, 5.74) is 4.83. The minimum atomic E-state index is -0.460. The highest BCUT2D eigenvalue weighted by Crippen LogP contribution is 2.18. The van der Waals surface area contributed by atoms with Crippen LogP contribution in [-0.4, -0.2) is 35.5 Å². The zero-order valence-corrected chi connectivity index (χ0v) is 10.1. The fourth-order valence-corrected chi connectivity index (χ4v) is 1.15. The fraction of sp³-hybridized carbons (Fsp3) is 0.778. The van der Waals surface area contributed by atoms with Crippen LogP contribution in [-0.2, 0) is 4.74 Å². The summed E-state index contributed by atoms with van der Waals surface area (Å²) >= 11 is 0. The van der Waals surface area contributed by atoms with Gasteiger partial charge in [-0.2, -0.15) is 0 Å². The summed E-state index contributed by atoms with van der Waals surface area (Å²) in [7, 11) is 0. The van der Waals surface area contributed by atoms with Gasteiger partial charge in [0.2, 0.25) is 0 Å². The largest absolute Gasteiger partial charge is 0.444 e. The Hall–Kier alpha value is -0.970. The first kappa shape index (κ1) is 14.0. The number of amides is 1. The van der Waals surface area contributed by atoms with Gasteiger partial charge < -0.3 is 15.4 Å². The molecule has 1 saturated heterocycles. The van der Waals surface area contributed by atoms with Crippen molar-refractivity contribution in [3.05, 3.63) is 0 Å². The molecule has 1 fully saturated rings. The summed E-state index contributed by atoms with van der Waals surface area (Å²) in [6.45, 7) is 6.49. The molecule has 3 N–H and O–H groups in total. The van der Waals surface area contributed by atoms with Gasteiger partial charge in [-0.1, -0.05) is 0 Å². The van der Waals surface area contributed by atoms with E-state index < -0.39 is 5.60 Å². The summed E-state index contributed by atoms with van der Waals surface area (Å²) in [5, 5.41) is 7.16. The van der Waals surface area contributed by atoms with E-state index in [4.69, 9.17) is 15.9 Å². The van der Waals surface area contributed by atoms with E-state index in [0.29, 0.717) is 13.1 Å². The van der Waals surface area contributed by atoms with E-state index >= 15 is 0 Å². The van der Waals surface area contributed by atoms with Crippen molar-refractivity contribution in [2.45, 2.75) is 26.4 Å². The third-order valence-corrected chi connectivity index (χ3v) is 1.97. The molecule has 0 aliphatic carbocycles. The average molecular weight is 236 g/mol. The molecule has 1 heterocycles. The summed E-state index contributed by atoms with van der Waals surface area (Å²) in [4.78, 5) is 13.0. The van der Waals surface area contributed by atoms with Crippen LogP contribution in [0.2, 0.25) is 0 Å². The Labute approximate surface area is 95.9 Å². The number of likely N-dealkylation sites (tertiary alicyclic amines) is 1. The van der Waals surface area contributed by atoms with Gasteiger partial charge in [0.15, 0.2) is 0 Å². The smallest absolute Gasteiger partial charge is 0.410 e. The van der Waals surface area contributed by atoms with Crippen molar-refractivity contribution in [2.24, 2.45) is 11.7 Å². The van der Waals surface area contributed by atoms with Crippen LogP contribution in [0.4, 0.5) is 4.79 Å². The topological polar surface area (TPSA) is 79.4 Å². The molecule has 0 saturated carbocycles. The first-order chi connectivity index (χ1) is 6.29. The van der Waals surface area contributed by atoms with Gasteiger partial charge in [-0.15, -0.1) is 12.4 Å². The van der Waals surface area contributed by atoms with Crippen LogP contribution in [0, 0.1) is 11.3 Å². The van der Waals surface area contributed by atoms with Gasteiger partial charge in [-0.25, -0.2) is 4.79 Å². The van der Waals surface area contributed by atoms with E-state index in [0.717, 1.165) is 0 Å². The van der Waals surface area contributed by atoms with Gasteiger partial charge in [0.1, 0.15) is 5.60 Å². The lowest BCUT2D eigenvalue weighted by Crippen LogP contribution is -2.55. The molecule has 1 aliphatic heterocycles. The SMILES string of the molecule is CC(C)(C)OC(=O)N1CC(C(=N)N)C1.Cl. The molecule has 0 unspecified atom stereocenters. The summed E-state index contributed by atoms with van der Waals surface area (Å²) < 4.78 is 5.15. The number of hydrogen-bond acceptors (Lipinski definition) is 3. The number of hydrogen-bond donors (Lipinski definition) is 2. The Balaban J connectivity index is 0.00000196. The highest BCUT2D eigenvalue weighted by molar-refractivity contribution is 5.85. The summed E-state index contributed by atoms with van der Waals surface area (Å²) in [5.74, 6) is 0.160. The number of nitrogens with one attached hydrogen (secondary N) is 1. The van der Waals surface area contributed by atoms with Crippen molar-refractivity contribution in [1.29, 1.82) is 5.41 Å². The molecule has 0 atom stereocenters. The minimum absolute atomic E-state index is 0. The van der Waals surface area contributed by atoms with Gasteiger partial charge >= 0.3 is 6.09 Å². The van der Waals surface area contributed by atoms with Crippen molar-refractivity contribution in [3.8, 4) is 0 Å². The van der Waals surface area contributed by atoms with Gasteiger partial charge in [0.05, 0.1) is 11.8 Å². The molecular weight excluding hydrogens is 218 g/mol. The zero-order chi connectivity index (χ0) is 10.9. The number of carbonyl (C=O) groups is 1. The number of rotatable bonds is 1. The Morgan fingerprint density at radius 2 is 1.93 bits per heavy atom. The van der Waals surface area contributed by atoms with Crippen LogP contribution in [0.3, 0.4) is 0 Å². The Kier molecular flexibility index (Phi) is 4.40. The number of ether oxygens (including phenoxy) is 1. The number of carbonyl (C=O) groups excluding carboxylic acids is 1. The maximum atomic E-state index is 11.4. The van der Waals surface area contributed by atoms with Crippen LogP contribution in [0.1, 0.15) is 20.8 Å². The van der Waals surface area contributed by atoms with E-state index in [-0.39, 0.29) is 30.3 Å². The highest BCUT2D eigenvalue weighted by Gasteiger charge is 2.35. The lowest BCUT2D eigenvalue weighted by atomic mass is 10.00. The highest BCUT2D eigenvalue weighted by atomic mass is 35.5. The zero-order valence-electron chi connectivity index (χ0n) is 9.24. The molecule has 0 aromatic heterocycles. The van der Waals surface area contributed by atoms with E-state index in [1.807, 2.05) is 20.8 Å². The molecule has 0 bridgehead atoms. The Morgan fingerprint density at radius 3 is 2.27 bits per heavy atom. The van der Waals surface area contributed by atoms with Crippen LogP contribution in [0.25, 0.3) is 0 Å². The second kappa shape index (κ2) is 4.70. The van der Waals surface area contributed by atoms with E-state index in [1.165, 1.54) is 0 Å². The molecule has 88 valence electrons. The van der Waals surface area contributed by atoms with Crippen molar-refractivity contribution < 1.29 is 9.53 Å². The van der Waals surface area contributed by atoms with Crippen molar-refractivity contribution in [1.82, 2.24) is 4.90 Å². The lowest BCUT2D eigenvalue weighted by Gasteiger charge is -2.38. The maximum absolute atomic E-state index is 11.4. The van der Waals surface area contributed by atoms with Gasteiger partial charge in [0.25, 0.3) is 0 Å². The number of halogens is 1. The number of nitrogens with two attached hydrogens (primary N) is 1. The molecule has 0 aromatic rings. The second-order valence-corrected chi connectivity index (χ2v) is 4.54. The number of amidine groups is 1. The van der Waals surface area contributed by atoms with E-state index in [9.17, 15) is 4.79 Å². The predicted octanol–water partition coefficient (Wildman–Crippen LogP) is 1.21. The molecule has 1 aliphatic rings. The molecule has 1 amide bonds. The molecule has 1 rings (SSSR count).